The molecule has 90 valence electrons. The molecule has 0 aliphatic rings. The van der Waals surface area contributed by atoms with E-state index in [0.29, 0.717) is 16.6 Å². The van der Waals surface area contributed by atoms with E-state index < -0.39 is 0 Å². The van der Waals surface area contributed by atoms with E-state index in [9.17, 15) is 0 Å². The molecule has 2 rings (SSSR count). The van der Waals surface area contributed by atoms with Crippen molar-refractivity contribution < 1.29 is 0 Å². The summed E-state index contributed by atoms with van der Waals surface area (Å²) in [7, 11) is 1.91. The van der Waals surface area contributed by atoms with Crippen molar-refractivity contribution in [1.82, 2.24) is 15.1 Å². The lowest BCUT2D eigenvalue weighted by molar-refractivity contribution is 0.622. The van der Waals surface area contributed by atoms with E-state index in [0.717, 1.165) is 17.8 Å². The van der Waals surface area contributed by atoms with Crippen LogP contribution in [0.5, 0.6) is 0 Å². The van der Waals surface area contributed by atoms with Gasteiger partial charge in [-0.3, -0.25) is 4.68 Å². The minimum absolute atomic E-state index is 0.575. The molecule has 0 unspecified atom stereocenters. The number of nitrogens with zero attached hydrogens (tertiary/aromatic N) is 2. The first-order chi connectivity index (χ1) is 8.20. The summed E-state index contributed by atoms with van der Waals surface area (Å²) < 4.78 is 1.94. The second kappa shape index (κ2) is 5.54. The number of rotatable bonds is 4. The van der Waals surface area contributed by atoms with Gasteiger partial charge in [0.2, 0.25) is 0 Å². The molecule has 0 fully saturated rings. The molecule has 2 aromatic rings. The normalized spacial score (nSPS) is 10.8. The van der Waals surface area contributed by atoms with Crippen LogP contribution < -0.4 is 5.32 Å². The van der Waals surface area contributed by atoms with Crippen LogP contribution in [0, 0.1) is 0 Å². The van der Waals surface area contributed by atoms with Crippen molar-refractivity contribution in [2.75, 3.05) is 7.05 Å². The fraction of sp³-hybridized carbons (Fsp3) is 0.250. The van der Waals surface area contributed by atoms with Crippen LogP contribution in [0.25, 0.3) is 0 Å². The molecule has 1 heterocycles. The summed E-state index contributed by atoms with van der Waals surface area (Å²) in [4.78, 5) is 0. The molecular weight excluding hydrogens is 257 g/mol. The van der Waals surface area contributed by atoms with E-state index in [4.69, 9.17) is 23.2 Å². The van der Waals surface area contributed by atoms with Gasteiger partial charge in [0.25, 0.3) is 0 Å². The molecule has 0 saturated heterocycles. The zero-order chi connectivity index (χ0) is 12.3. The van der Waals surface area contributed by atoms with E-state index >= 15 is 0 Å². The van der Waals surface area contributed by atoms with Gasteiger partial charge in [-0.2, -0.15) is 5.10 Å². The van der Waals surface area contributed by atoms with E-state index in [1.165, 1.54) is 0 Å². The lowest BCUT2D eigenvalue weighted by Gasteiger charge is -2.08. The highest BCUT2D eigenvalue weighted by molar-refractivity contribution is 6.42. The third-order valence-corrected chi connectivity index (χ3v) is 3.22. The van der Waals surface area contributed by atoms with Crippen LogP contribution >= 0.6 is 23.2 Å². The van der Waals surface area contributed by atoms with Gasteiger partial charge in [0.05, 0.1) is 22.3 Å². The van der Waals surface area contributed by atoms with Crippen molar-refractivity contribution in [3.05, 3.63) is 51.8 Å². The summed E-state index contributed by atoms with van der Waals surface area (Å²) >= 11 is 11.9. The van der Waals surface area contributed by atoms with Gasteiger partial charge < -0.3 is 5.32 Å². The largest absolute Gasteiger partial charge is 0.314 e. The Bertz CT molecular complexity index is 508. The van der Waals surface area contributed by atoms with Crippen LogP contribution in [0.4, 0.5) is 0 Å². The summed E-state index contributed by atoms with van der Waals surface area (Å²) in [5, 5.41) is 8.54. The van der Waals surface area contributed by atoms with Gasteiger partial charge in [0.1, 0.15) is 0 Å². The Morgan fingerprint density at radius 3 is 2.76 bits per heavy atom. The van der Waals surface area contributed by atoms with E-state index in [1.54, 1.807) is 12.3 Å². The lowest BCUT2D eigenvalue weighted by atomic mass is 10.2. The minimum atomic E-state index is 0.575. The number of aromatic nitrogens is 2. The van der Waals surface area contributed by atoms with Crippen LogP contribution in [-0.4, -0.2) is 16.8 Å². The molecule has 0 spiro atoms. The third kappa shape index (κ3) is 3.00. The van der Waals surface area contributed by atoms with Gasteiger partial charge in [-0.1, -0.05) is 29.3 Å². The van der Waals surface area contributed by atoms with Gasteiger partial charge in [-0.05, 0) is 30.8 Å². The molecule has 0 atom stereocenters. The van der Waals surface area contributed by atoms with Crippen LogP contribution in [0.2, 0.25) is 10.0 Å². The number of nitrogens with one attached hydrogen (secondary N) is 1. The van der Waals surface area contributed by atoms with Crippen molar-refractivity contribution in [3.8, 4) is 0 Å². The molecule has 1 aromatic heterocycles. The Kier molecular flexibility index (Phi) is 4.05. The van der Waals surface area contributed by atoms with Crippen LogP contribution in [-0.2, 0) is 13.1 Å². The molecule has 5 heteroatoms. The molecule has 1 aromatic carbocycles. The quantitative estimate of drug-likeness (QED) is 0.925. The van der Waals surface area contributed by atoms with Gasteiger partial charge >= 0.3 is 0 Å². The fourth-order valence-electron chi connectivity index (χ4n) is 1.64. The standard InChI is InChI=1S/C12H13Cl2N3/c1-15-7-10-4-5-16-17(10)8-9-2-3-11(13)12(14)6-9/h2-6,15H,7-8H2,1H3. The molecule has 0 aliphatic heterocycles. The van der Waals surface area contributed by atoms with Crippen molar-refractivity contribution in [2.45, 2.75) is 13.1 Å². The Morgan fingerprint density at radius 1 is 1.24 bits per heavy atom. The second-order valence-corrected chi connectivity index (χ2v) is 4.57. The second-order valence-electron chi connectivity index (χ2n) is 3.76. The van der Waals surface area contributed by atoms with Crippen molar-refractivity contribution in [1.29, 1.82) is 0 Å². The molecule has 17 heavy (non-hydrogen) atoms. The fourth-order valence-corrected chi connectivity index (χ4v) is 1.97. The molecular formula is C12H13Cl2N3. The first kappa shape index (κ1) is 12.4. The molecule has 0 saturated carbocycles. The minimum Gasteiger partial charge on any atom is -0.314 e. The van der Waals surface area contributed by atoms with Gasteiger partial charge in [-0.25, -0.2) is 0 Å². The maximum Gasteiger partial charge on any atom is 0.0663 e. The zero-order valence-electron chi connectivity index (χ0n) is 9.45. The highest BCUT2D eigenvalue weighted by Crippen LogP contribution is 2.23. The summed E-state index contributed by atoms with van der Waals surface area (Å²) in [5.74, 6) is 0. The SMILES string of the molecule is CNCc1ccnn1Cc1ccc(Cl)c(Cl)c1. The average molecular weight is 270 g/mol. The van der Waals surface area contributed by atoms with Crippen molar-refractivity contribution >= 4 is 23.2 Å². The first-order valence-corrected chi connectivity index (χ1v) is 6.05. The van der Waals surface area contributed by atoms with Gasteiger partial charge in [-0.15, -0.1) is 0 Å². The number of hydrogen-bond acceptors (Lipinski definition) is 2. The highest BCUT2D eigenvalue weighted by Gasteiger charge is 2.04. The first-order valence-electron chi connectivity index (χ1n) is 5.30. The van der Waals surface area contributed by atoms with Gasteiger partial charge in [0, 0.05) is 12.7 Å². The zero-order valence-corrected chi connectivity index (χ0v) is 11.0. The molecule has 0 aliphatic carbocycles. The molecule has 1 N–H and O–H groups in total. The maximum absolute atomic E-state index is 5.98. The summed E-state index contributed by atoms with van der Waals surface area (Å²) in [6.45, 7) is 1.49. The Labute approximate surface area is 110 Å². The van der Waals surface area contributed by atoms with Crippen molar-refractivity contribution in [3.63, 3.8) is 0 Å². The predicted molar refractivity (Wildman–Crippen MR) is 70.6 cm³/mol. The molecule has 0 amide bonds. The summed E-state index contributed by atoms with van der Waals surface area (Å²) in [6.07, 6.45) is 1.80. The summed E-state index contributed by atoms with van der Waals surface area (Å²) in [5.41, 5.74) is 2.22. The molecule has 3 nitrogen and oxygen atoms in total. The van der Waals surface area contributed by atoms with Gasteiger partial charge in [0.15, 0.2) is 0 Å². The van der Waals surface area contributed by atoms with E-state index in [1.807, 2.05) is 29.9 Å². The third-order valence-electron chi connectivity index (χ3n) is 2.48. The van der Waals surface area contributed by atoms with Crippen LogP contribution in [0.15, 0.2) is 30.5 Å². The molecule has 0 bridgehead atoms. The van der Waals surface area contributed by atoms with E-state index in [-0.39, 0.29) is 0 Å². The Hall–Kier alpha value is -1.03. The van der Waals surface area contributed by atoms with Crippen molar-refractivity contribution in [2.24, 2.45) is 0 Å². The predicted octanol–water partition coefficient (Wildman–Crippen LogP) is 2.96. The number of hydrogen-bond donors (Lipinski definition) is 1. The van der Waals surface area contributed by atoms with Crippen LogP contribution in [0.3, 0.4) is 0 Å². The smallest absolute Gasteiger partial charge is 0.0663 e. The maximum atomic E-state index is 5.98. The number of benzene rings is 1. The monoisotopic (exact) mass is 269 g/mol. The number of halogens is 2. The molecule has 0 radical (unpaired) electrons. The lowest BCUT2D eigenvalue weighted by Crippen LogP contribution is -2.12. The Balaban J connectivity index is 2.19. The topological polar surface area (TPSA) is 29.9 Å². The highest BCUT2D eigenvalue weighted by atomic mass is 35.5. The summed E-state index contributed by atoms with van der Waals surface area (Å²) in [6, 6.07) is 7.63. The van der Waals surface area contributed by atoms with Crippen LogP contribution in [0.1, 0.15) is 11.3 Å². The van der Waals surface area contributed by atoms with E-state index in [2.05, 4.69) is 10.4 Å². The average Bonchev–Trinajstić information content (AvgIpc) is 2.72. The Morgan fingerprint density at radius 2 is 2.06 bits per heavy atom.